The second-order valence-electron chi connectivity index (χ2n) is 7.38. The molecule has 1 amide bonds. The fourth-order valence-corrected chi connectivity index (χ4v) is 4.27. The molecule has 168 valence electrons. The van der Waals surface area contributed by atoms with Crippen molar-refractivity contribution >= 4 is 28.6 Å². The third kappa shape index (κ3) is 5.46. The van der Waals surface area contributed by atoms with Crippen molar-refractivity contribution in [2.75, 3.05) is 12.3 Å². The van der Waals surface area contributed by atoms with Gasteiger partial charge < -0.3 is 5.32 Å². The van der Waals surface area contributed by atoms with Gasteiger partial charge in [0.05, 0.1) is 22.3 Å². The predicted molar refractivity (Wildman–Crippen MR) is 126 cm³/mol. The normalized spacial score (nSPS) is 11.0. The Morgan fingerprint density at radius 3 is 2.55 bits per heavy atom. The quantitative estimate of drug-likeness (QED) is 0.236. The summed E-state index contributed by atoms with van der Waals surface area (Å²) >= 11 is 1.03. The van der Waals surface area contributed by atoms with E-state index in [2.05, 4.69) is 10.3 Å². The molecule has 3 aromatic carbocycles. The van der Waals surface area contributed by atoms with E-state index in [1.807, 2.05) is 30.3 Å². The van der Waals surface area contributed by atoms with Crippen LogP contribution in [-0.4, -0.2) is 27.8 Å². The van der Waals surface area contributed by atoms with Crippen LogP contribution < -0.4 is 10.9 Å². The van der Waals surface area contributed by atoms with Crippen molar-refractivity contribution in [3.8, 4) is 5.69 Å². The van der Waals surface area contributed by atoms with E-state index in [1.165, 1.54) is 11.6 Å². The molecule has 0 aliphatic carbocycles. The van der Waals surface area contributed by atoms with Crippen LogP contribution in [0.3, 0.4) is 0 Å². The number of halogens is 2. The number of benzene rings is 3. The number of nitrogens with one attached hydrogen (secondary N) is 1. The van der Waals surface area contributed by atoms with E-state index in [1.54, 1.807) is 24.3 Å². The molecule has 0 aliphatic rings. The number of amides is 1. The molecule has 33 heavy (non-hydrogen) atoms. The monoisotopic (exact) mass is 465 g/mol. The number of thioether (sulfide) groups is 1. The van der Waals surface area contributed by atoms with Crippen molar-refractivity contribution in [1.29, 1.82) is 0 Å². The second-order valence-corrected chi connectivity index (χ2v) is 8.32. The molecule has 8 heteroatoms. The van der Waals surface area contributed by atoms with Crippen LogP contribution in [0, 0.1) is 11.6 Å². The minimum atomic E-state index is -0.888. The maximum Gasteiger partial charge on any atom is 0.266 e. The highest BCUT2D eigenvalue weighted by Gasteiger charge is 2.17. The van der Waals surface area contributed by atoms with Gasteiger partial charge >= 0.3 is 0 Å². The van der Waals surface area contributed by atoms with Gasteiger partial charge in [-0.15, -0.1) is 0 Å². The number of hydrogen-bond acceptors (Lipinski definition) is 4. The highest BCUT2D eigenvalue weighted by molar-refractivity contribution is 7.99. The molecule has 4 rings (SSSR count). The van der Waals surface area contributed by atoms with Crippen LogP contribution in [0.5, 0.6) is 0 Å². The molecular formula is C25H21F2N3O2S. The number of nitrogens with zero attached hydrogens (tertiary/aromatic N) is 2. The SMILES string of the molecule is O=C(CSc1nc2ccccc2c(=O)n1-c1ccc(F)cc1F)NCCCc1ccccc1. The van der Waals surface area contributed by atoms with Gasteiger partial charge in [-0.1, -0.05) is 54.2 Å². The highest BCUT2D eigenvalue weighted by Crippen LogP contribution is 2.23. The summed E-state index contributed by atoms with van der Waals surface area (Å²) in [6.45, 7) is 0.513. The van der Waals surface area contributed by atoms with Crippen molar-refractivity contribution in [1.82, 2.24) is 14.9 Å². The van der Waals surface area contributed by atoms with Crippen LogP contribution in [0.2, 0.25) is 0 Å². The largest absolute Gasteiger partial charge is 0.355 e. The van der Waals surface area contributed by atoms with E-state index in [9.17, 15) is 18.4 Å². The van der Waals surface area contributed by atoms with Gasteiger partial charge in [0.2, 0.25) is 5.91 Å². The number of para-hydroxylation sites is 1. The Morgan fingerprint density at radius 2 is 1.76 bits per heavy atom. The number of rotatable bonds is 8. The van der Waals surface area contributed by atoms with E-state index in [0.29, 0.717) is 23.5 Å². The van der Waals surface area contributed by atoms with Gasteiger partial charge in [0, 0.05) is 12.6 Å². The molecule has 0 saturated heterocycles. The van der Waals surface area contributed by atoms with Gasteiger partial charge in [0.25, 0.3) is 5.56 Å². The summed E-state index contributed by atoms with van der Waals surface area (Å²) in [5, 5.41) is 3.31. The van der Waals surface area contributed by atoms with Gasteiger partial charge in [-0.3, -0.25) is 14.2 Å². The number of carbonyl (C=O) groups excluding carboxylic acids is 1. The Morgan fingerprint density at radius 1 is 1.00 bits per heavy atom. The minimum absolute atomic E-state index is 0.00106. The summed E-state index contributed by atoms with van der Waals surface area (Å²) in [4.78, 5) is 30.0. The van der Waals surface area contributed by atoms with E-state index in [4.69, 9.17) is 0 Å². The molecule has 0 radical (unpaired) electrons. The third-order valence-electron chi connectivity index (χ3n) is 5.04. The molecular weight excluding hydrogens is 444 g/mol. The minimum Gasteiger partial charge on any atom is -0.355 e. The first-order valence-corrected chi connectivity index (χ1v) is 11.4. The zero-order valence-corrected chi connectivity index (χ0v) is 18.4. The smallest absolute Gasteiger partial charge is 0.266 e. The van der Waals surface area contributed by atoms with Crippen LogP contribution in [0.4, 0.5) is 8.78 Å². The van der Waals surface area contributed by atoms with E-state index >= 15 is 0 Å². The number of aryl methyl sites for hydroxylation is 1. The topological polar surface area (TPSA) is 64.0 Å². The molecule has 0 fully saturated rings. The fourth-order valence-electron chi connectivity index (χ4n) is 3.43. The van der Waals surface area contributed by atoms with E-state index in [0.717, 1.165) is 35.2 Å². The molecule has 0 bridgehead atoms. The van der Waals surface area contributed by atoms with Crippen LogP contribution in [0.25, 0.3) is 16.6 Å². The summed E-state index contributed by atoms with van der Waals surface area (Å²) in [6.07, 6.45) is 1.64. The maximum absolute atomic E-state index is 14.5. The van der Waals surface area contributed by atoms with Gasteiger partial charge in [-0.25, -0.2) is 13.8 Å². The fraction of sp³-hybridized carbons (Fsp3) is 0.160. The van der Waals surface area contributed by atoms with Crippen molar-refractivity contribution in [2.45, 2.75) is 18.0 Å². The summed E-state index contributed by atoms with van der Waals surface area (Å²) in [5.41, 5.74) is 1.03. The molecule has 0 saturated carbocycles. The summed E-state index contributed by atoms with van der Waals surface area (Å²) < 4.78 is 29.0. The van der Waals surface area contributed by atoms with Crippen LogP contribution in [0.15, 0.2) is 82.7 Å². The Kier molecular flexibility index (Phi) is 7.14. The number of hydrogen-bond donors (Lipinski definition) is 1. The number of aromatic nitrogens is 2. The standard InChI is InChI=1S/C25H21F2N3O2S/c26-18-12-13-22(20(27)15-18)30-24(32)19-10-4-5-11-21(19)29-25(30)33-16-23(31)28-14-6-9-17-7-2-1-3-8-17/h1-5,7-8,10-13,15H,6,9,14,16H2,(H,28,31). The van der Waals surface area contributed by atoms with Gasteiger partial charge in [-0.2, -0.15) is 0 Å². The second kappa shape index (κ2) is 10.4. The summed E-state index contributed by atoms with van der Waals surface area (Å²) in [6, 6.07) is 19.7. The number of carbonyl (C=O) groups is 1. The Balaban J connectivity index is 1.50. The lowest BCUT2D eigenvalue weighted by atomic mass is 10.1. The molecule has 0 atom stereocenters. The molecule has 0 unspecified atom stereocenters. The number of fused-ring (bicyclic) bond motifs is 1. The Hall–Kier alpha value is -3.52. The zero-order chi connectivity index (χ0) is 23.2. The van der Waals surface area contributed by atoms with E-state index < -0.39 is 17.2 Å². The van der Waals surface area contributed by atoms with Crippen LogP contribution in [0.1, 0.15) is 12.0 Å². The molecule has 1 heterocycles. The van der Waals surface area contributed by atoms with Crippen molar-refractivity contribution in [3.05, 3.63) is 100 Å². The first-order chi connectivity index (χ1) is 16.0. The van der Waals surface area contributed by atoms with Gasteiger partial charge in [0.1, 0.15) is 11.6 Å². The first-order valence-electron chi connectivity index (χ1n) is 10.4. The summed E-state index contributed by atoms with van der Waals surface area (Å²) in [7, 11) is 0. The molecule has 0 aliphatic heterocycles. The highest BCUT2D eigenvalue weighted by atomic mass is 32.2. The lowest BCUT2D eigenvalue weighted by Crippen LogP contribution is -2.27. The average Bonchev–Trinajstić information content (AvgIpc) is 2.82. The van der Waals surface area contributed by atoms with Crippen LogP contribution >= 0.6 is 11.8 Å². The third-order valence-corrected chi connectivity index (χ3v) is 5.97. The Bertz CT molecular complexity index is 1340. The molecule has 4 aromatic rings. The molecule has 5 nitrogen and oxygen atoms in total. The predicted octanol–water partition coefficient (Wildman–Crippen LogP) is 4.51. The average molecular weight is 466 g/mol. The van der Waals surface area contributed by atoms with Gasteiger partial charge in [0.15, 0.2) is 5.16 Å². The summed E-state index contributed by atoms with van der Waals surface area (Å²) in [5.74, 6) is -1.86. The van der Waals surface area contributed by atoms with E-state index in [-0.39, 0.29) is 22.5 Å². The lowest BCUT2D eigenvalue weighted by Gasteiger charge is -2.14. The molecule has 1 aromatic heterocycles. The zero-order valence-electron chi connectivity index (χ0n) is 17.6. The van der Waals surface area contributed by atoms with Crippen molar-refractivity contribution in [2.24, 2.45) is 0 Å². The van der Waals surface area contributed by atoms with Crippen molar-refractivity contribution < 1.29 is 13.6 Å². The Labute approximate surface area is 193 Å². The van der Waals surface area contributed by atoms with Crippen LogP contribution in [-0.2, 0) is 11.2 Å². The first kappa shape index (κ1) is 22.7. The van der Waals surface area contributed by atoms with Crippen molar-refractivity contribution in [3.63, 3.8) is 0 Å². The van der Waals surface area contributed by atoms with Gasteiger partial charge in [-0.05, 0) is 42.7 Å². The molecule has 1 N–H and O–H groups in total. The lowest BCUT2D eigenvalue weighted by molar-refractivity contribution is -0.118. The molecule has 0 spiro atoms. The maximum atomic E-state index is 14.5.